The largest absolute Gasteiger partial charge is 0.477 e. The van der Waals surface area contributed by atoms with E-state index in [-0.39, 0.29) is 11.8 Å². The molecule has 4 aromatic carbocycles. The van der Waals surface area contributed by atoms with Crippen molar-refractivity contribution in [1.29, 1.82) is 0 Å². The number of carbonyl (C=O) groups is 2. The van der Waals surface area contributed by atoms with Crippen LogP contribution in [0.15, 0.2) is 177 Å². The maximum atomic E-state index is 13.2. The van der Waals surface area contributed by atoms with Crippen LogP contribution in [-0.2, 0) is 22.7 Å². The highest BCUT2D eigenvalue weighted by atomic mass is 16.5. The van der Waals surface area contributed by atoms with Gasteiger partial charge in [0.25, 0.3) is 11.8 Å². The number of nitrogens with one attached hydrogen (secondary N) is 4. The summed E-state index contributed by atoms with van der Waals surface area (Å²) in [4.78, 5) is 42.5. The summed E-state index contributed by atoms with van der Waals surface area (Å²) < 4.78 is 15.8. The standard InChI is InChI=1S/C26H22N6O2.C25H21N7O2/c33-26(30-25-24-19(10-13-27-24)11-14-28-25)23-17-31(21-4-1-2-5-22(21)34-23)16-18-6-8-20(9-7-18)32-15-3-12-29-32;33-25(29-24-23-18(10-12-26-24)14-27-30-23)22-16-31(20-4-1-2-5-21(20)34-22)15-17-6-8-19(9-7-17)32-13-3-11-28-32/h1-15,23,27H,16-17H2,(H,28,30,33);1-14,22H,15-16H2,(H,27,30)(H,26,29,33). The number of benzene rings is 4. The number of ether oxygens (including phenoxy) is 2. The van der Waals surface area contributed by atoms with Crippen LogP contribution in [0.25, 0.3) is 33.2 Å². The molecule has 0 fully saturated rings. The predicted octanol–water partition coefficient (Wildman–Crippen LogP) is 7.70. The Bertz CT molecular complexity index is 3110. The van der Waals surface area contributed by atoms with Gasteiger partial charge < -0.3 is 34.9 Å². The Morgan fingerprint density at radius 1 is 0.574 bits per heavy atom. The number of rotatable bonds is 10. The topological polar surface area (TPSA) is 189 Å². The van der Waals surface area contributed by atoms with Crippen LogP contribution in [0.3, 0.4) is 0 Å². The highest BCUT2D eigenvalue weighted by Crippen LogP contribution is 2.36. The second-order valence-electron chi connectivity index (χ2n) is 16.2. The van der Waals surface area contributed by atoms with Gasteiger partial charge in [-0.1, -0.05) is 48.5 Å². The van der Waals surface area contributed by atoms with Crippen LogP contribution in [0, 0.1) is 0 Å². The number of H-pyrrole nitrogens is 2. The van der Waals surface area contributed by atoms with E-state index in [1.54, 1.807) is 31.0 Å². The summed E-state index contributed by atoms with van der Waals surface area (Å²) in [6.45, 7) is 2.11. The summed E-state index contributed by atoms with van der Waals surface area (Å²) in [7, 11) is 0. The van der Waals surface area contributed by atoms with Crippen molar-refractivity contribution in [3.63, 3.8) is 0 Å². The Morgan fingerprint density at radius 2 is 1.09 bits per heavy atom. The lowest BCUT2D eigenvalue weighted by Gasteiger charge is -2.35. The van der Waals surface area contributed by atoms with Crippen molar-refractivity contribution in [3.05, 3.63) is 188 Å². The molecule has 2 aliphatic heterocycles. The number of hydrogen-bond acceptors (Lipinski definition) is 11. The Balaban J connectivity index is 0.000000149. The van der Waals surface area contributed by atoms with E-state index in [1.807, 2.05) is 131 Å². The summed E-state index contributed by atoms with van der Waals surface area (Å²) >= 11 is 0. The van der Waals surface area contributed by atoms with E-state index in [0.29, 0.717) is 54.8 Å². The zero-order valence-corrected chi connectivity index (χ0v) is 36.4. The molecule has 2 aliphatic rings. The Hall–Kier alpha value is -9.25. The first-order valence-corrected chi connectivity index (χ1v) is 22.0. The molecule has 0 saturated carbocycles. The zero-order chi connectivity index (χ0) is 45.8. The van der Waals surface area contributed by atoms with Gasteiger partial charge >= 0.3 is 0 Å². The monoisotopic (exact) mass is 901 g/mol. The van der Waals surface area contributed by atoms with Gasteiger partial charge in [-0.2, -0.15) is 15.3 Å². The lowest BCUT2D eigenvalue weighted by Crippen LogP contribution is -2.46. The predicted molar refractivity (Wildman–Crippen MR) is 258 cm³/mol. The van der Waals surface area contributed by atoms with E-state index in [9.17, 15) is 9.59 Å². The van der Waals surface area contributed by atoms with E-state index in [1.165, 1.54) is 0 Å². The zero-order valence-electron chi connectivity index (χ0n) is 36.4. The fourth-order valence-electron chi connectivity index (χ4n) is 8.41. The second-order valence-corrected chi connectivity index (χ2v) is 16.2. The molecule has 2 amide bonds. The molecule has 68 heavy (non-hydrogen) atoms. The Morgan fingerprint density at radius 3 is 1.62 bits per heavy atom. The molecule has 2 unspecified atom stereocenters. The average molecular weight is 902 g/mol. The molecule has 6 aromatic heterocycles. The van der Waals surface area contributed by atoms with Gasteiger partial charge in [-0.3, -0.25) is 14.7 Å². The van der Waals surface area contributed by atoms with Gasteiger partial charge in [0.15, 0.2) is 23.8 Å². The van der Waals surface area contributed by atoms with Crippen LogP contribution in [-0.4, -0.2) is 81.8 Å². The van der Waals surface area contributed by atoms with Crippen molar-refractivity contribution in [3.8, 4) is 22.9 Å². The first kappa shape index (κ1) is 41.5. The van der Waals surface area contributed by atoms with Crippen LogP contribution in [0.1, 0.15) is 11.1 Å². The third-order valence-electron chi connectivity index (χ3n) is 11.8. The number of fused-ring (bicyclic) bond motifs is 4. The first-order chi connectivity index (χ1) is 33.5. The fraction of sp³-hybridized carbons (Fsp3) is 0.118. The van der Waals surface area contributed by atoms with Gasteiger partial charge in [-0.15, -0.1) is 0 Å². The normalized spacial score (nSPS) is 15.1. The summed E-state index contributed by atoms with van der Waals surface area (Å²) in [6, 6.07) is 41.5. The maximum Gasteiger partial charge on any atom is 0.268 e. The van der Waals surface area contributed by atoms with Crippen molar-refractivity contribution in [1.82, 2.24) is 44.7 Å². The molecule has 336 valence electrons. The molecular weight excluding hydrogens is 859 g/mol. The van der Waals surface area contributed by atoms with Crippen LogP contribution >= 0.6 is 0 Å². The van der Waals surface area contributed by atoms with Gasteiger partial charge in [0.1, 0.15) is 17.0 Å². The third kappa shape index (κ3) is 8.66. The van der Waals surface area contributed by atoms with E-state index < -0.39 is 12.2 Å². The molecule has 2 atom stereocenters. The minimum absolute atomic E-state index is 0.233. The van der Waals surface area contributed by atoms with Crippen LogP contribution in [0.2, 0.25) is 0 Å². The number of para-hydroxylation sites is 4. The van der Waals surface area contributed by atoms with Gasteiger partial charge in [0.05, 0.1) is 47.6 Å². The fourth-order valence-corrected chi connectivity index (χ4v) is 8.41. The summed E-state index contributed by atoms with van der Waals surface area (Å²) in [5.74, 6) is 1.80. The van der Waals surface area contributed by atoms with E-state index in [2.05, 4.69) is 80.0 Å². The maximum absolute atomic E-state index is 13.2. The molecule has 0 aliphatic carbocycles. The van der Waals surface area contributed by atoms with E-state index in [0.717, 1.165) is 50.2 Å². The lowest BCUT2D eigenvalue weighted by molar-refractivity contribution is -0.123. The highest BCUT2D eigenvalue weighted by Gasteiger charge is 2.33. The van der Waals surface area contributed by atoms with E-state index in [4.69, 9.17) is 9.47 Å². The number of anilines is 4. The first-order valence-electron chi connectivity index (χ1n) is 22.0. The van der Waals surface area contributed by atoms with Crippen molar-refractivity contribution in [2.24, 2.45) is 0 Å². The van der Waals surface area contributed by atoms with Crippen molar-refractivity contribution >= 4 is 56.6 Å². The molecule has 12 rings (SSSR count). The minimum atomic E-state index is -0.696. The number of carbonyl (C=O) groups excluding carboxylic acids is 2. The van der Waals surface area contributed by atoms with Crippen molar-refractivity contribution < 1.29 is 19.1 Å². The smallest absolute Gasteiger partial charge is 0.268 e. The molecule has 0 spiro atoms. The lowest BCUT2D eigenvalue weighted by atomic mass is 10.1. The molecule has 17 nitrogen and oxygen atoms in total. The van der Waals surface area contributed by atoms with Gasteiger partial charge in [-0.05, 0) is 90.0 Å². The SMILES string of the molecule is O=C(Nc1nccc2cc[nH]c12)C1CN(Cc2ccc(-n3cccn3)cc2)c2ccccc2O1.O=C(Nc1nccc2cn[nH]c12)C1CN(Cc2ccc(-n3cccn3)cc2)c2ccccc2O1. The number of hydrogen-bond donors (Lipinski definition) is 4. The molecule has 4 N–H and O–H groups in total. The molecule has 0 bridgehead atoms. The van der Waals surface area contributed by atoms with Crippen LogP contribution in [0.5, 0.6) is 11.5 Å². The summed E-state index contributed by atoms with van der Waals surface area (Å²) in [6.07, 6.45) is 12.8. The van der Waals surface area contributed by atoms with Gasteiger partial charge in [0, 0.05) is 67.2 Å². The highest BCUT2D eigenvalue weighted by molar-refractivity contribution is 6.02. The molecule has 8 heterocycles. The summed E-state index contributed by atoms with van der Waals surface area (Å²) in [5.41, 5.74) is 7.64. The van der Waals surface area contributed by atoms with Crippen LogP contribution < -0.4 is 29.9 Å². The second kappa shape index (κ2) is 18.3. The molecule has 10 aromatic rings. The average Bonchev–Trinajstić information content (AvgIpc) is 4.24. The van der Waals surface area contributed by atoms with Gasteiger partial charge in [-0.25, -0.2) is 19.3 Å². The van der Waals surface area contributed by atoms with Crippen LogP contribution in [0.4, 0.5) is 23.0 Å². The quantitative estimate of drug-likeness (QED) is 0.105. The van der Waals surface area contributed by atoms with E-state index >= 15 is 0 Å². The third-order valence-corrected chi connectivity index (χ3v) is 11.8. The molecular formula is C51H43N13O4. The van der Waals surface area contributed by atoms with Crippen molar-refractivity contribution in [2.75, 3.05) is 33.5 Å². The minimum Gasteiger partial charge on any atom is -0.477 e. The summed E-state index contributed by atoms with van der Waals surface area (Å²) in [5, 5.41) is 23.2. The number of nitrogens with zero attached hydrogens (tertiary/aromatic N) is 9. The molecule has 0 radical (unpaired) electrons. The number of pyridine rings is 2. The Labute approximate surface area is 389 Å². The number of amides is 2. The van der Waals surface area contributed by atoms with Gasteiger partial charge in [0.2, 0.25) is 0 Å². The van der Waals surface area contributed by atoms with Crippen molar-refractivity contribution in [2.45, 2.75) is 25.3 Å². The molecule has 0 saturated heterocycles. The Kier molecular flexibility index (Phi) is 11.2. The molecule has 17 heteroatoms. The number of aromatic nitrogens is 9. The number of aromatic amines is 2.